The molecule has 2 N–H and O–H groups in total. The average Bonchev–Trinajstić information content (AvgIpc) is 2.98. The Balaban J connectivity index is 2.33. The highest BCUT2D eigenvalue weighted by Gasteiger charge is 2.28. The number of ether oxygens (including phenoxy) is 1. The van der Waals surface area contributed by atoms with E-state index in [1.165, 1.54) is 29.5 Å². The molecule has 1 amide bonds. The Hall–Kier alpha value is -1.55. The lowest BCUT2D eigenvalue weighted by molar-refractivity contribution is 0.0636. The molecule has 1 aromatic heterocycles. The number of carbonyl (C=O) groups excluding carboxylic acids is 1. The highest BCUT2D eigenvalue weighted by Crippen LogP contribution is 2.34. The van der Waals surface area contributed by atoms with Crippen LogP contribution in [0.3, 0.4) is 0 Å². The Morgan fingerprint density at radius 1 is 1.28 bits per heavy atom. The van der Waals surface area contributed by atoms with E-state index in [9.17, 15) is 13.4 Å². The molecule has 0 saturated carbocycles. The predicted molar refractivity (Wildman–Crippen MR) is 116 cm³/mol. The SMILES string of the molecule is CC(C)(C)OC(=O)Nc1ncc(C(NS(=O)C(C)(C)C)c2ccc(F)cc2Cl)s1. The number of amides is 1. The first-order chi connectivity index (χ1) is 13.3. The fourth-order valence-corrected chi connectivity index (χ4v) is 4.21. The largest absolute Gasteiger partial charge is 0.444 e. The number of thiazole rings is 1. The molecule has 10 heteroatoms. The number of rotatable bonds is 5. The fraction of sp³-hybridized carbons (Fsp3) is 0.474. The van der Waals surface area contributed by atoms with Crippen LogP contribution in [0, 0.1) is 5.82 Å². The third-order valence-electron chi connectivity index (χ3n) is 3.47. The highest BCUT2D eigenvalue weighted by molar-refractivity contribution is 7.84. The molecule has 2 atom stereocenters. The number of nitrogens with zero attached hydrogens (tertiary/aromatic N) is 1. The van der Waals surface area contributed by atoms with E-state index < -0.39 is 39.3 Å². The van der Waals surface area contributed by atoms with Crippen molar-refractivity contribution in [1.29, 1.82) is 0 Å². The number of benzene rings is 1. The average molecular weight is 462 g/mol. The van der Waals surface area contributed by atoms with Crippen LogP contribution in [0.15, 0.2) is 24.4 Å². The van der Waals surface area contributed by atoms with Gasteiger partial charge in [0.05, 0.1) is 21.8 Å². The smallest absolute Gasteiger partial charge is 0.413 e. The zero-order valence-electron chi connectivity index (χ0n) is 17.1. The summed E-state index contributed by atoms with van der Waals surface area (Å²) in [5.74, 6) is -0.467. The first kappa shape index (κ1) is 23.7. The zero-order valence-corrected chi connectivity index (χ0v) is 19.5. The lowest BCUT2D eigenvalue weighted by Crippen LogP contribution is -2.36. The molecule has 0 aliphatic heterocycles. The van der Waals surface area contributed by atoms with Crippen LogP contribution in [-0.2, 0) is 15.7 Å². The van der Waals surface area contributed by atoms with E-state index in [0.717, 1.165) is 0 Å². The highest BCUT2D eigenvalue weighted by atomic mass is 35.5. The molecule has 1 heterocycles. The van der Waals surface area contributed by atoms with Crippen LogP contribution >= 0.6 is 22.9 Å². The summed E-state index contributed by atoms with van der Waals surface area (Å²) in [6.07, 6.45) is 0.926. The normalized spacial score (nSPS) is 14.3. The predicted octanol–water partition coefficient (Wildman–Crippen LogP) is 5.42. The number of anilines is 1. The number of halogens is 2. The Labute approximate surface area is 181 Å². The van der Waals surface area contributed by atoms with Crippen LogP contribution in [0.25, 0.3) is 0 Å². The van der Waals surface area contributed by atoms with Gasteiger partial charge in [0.25, 0.3) is 0 Å². The minimum Gasteiger partial charge on any atom is -0.444 e. The molecule has 160 valence electrons. The van der Waals surface area contributed by atoms with Crippen LogP contribution in [-0.4, -0.2) is 25.6 Å². The van der Waals surface area contributed by atoms with E-state index in [2.05, 4.69) is 15.0 Å². The van der Waals surface area contributed by atoms with E-state index >= 15 is 0 Å². The summed E-state index contributed by atoms with van der Waals surface area (Å²) in [5, 5.41) is 3.10. The number of hydrogen-bond donors (Lipinski definition) is 2. The third-order valence-corrected chi connectivity index (χ3v) is 6.34. The Kier molecular flexibility index (Phi) is 7.42. The second-order valence-electron chi connectivity index (χ2n) is 8.29. The van der Waals surface area contributed by atoms with Gasteiger partial charge >= 0.3 is 6.09 Å². The maximum absolute atomic E-state index is 13.5. The van der Waals surface area contributed by atoms with Crippen molar-refractivity contribution in [3.63, 3.8) is 0 Å². The van der Waals surface area contributed by atoms with E-state index in [1.807, 2.05) is 20.8 Å². The van der Waals surface area contributed by atoms with E-state index in [-0.39, 0.29) is 5.02 Å². The van der Waals surface area contributed by atoms with Gasteiger partial charge in [0.15, 0.2) is 5.13 Å². The quantitative estimate of drug-likeness (QED) is 0.622. The molecule has 0 bridgehead atoms. The zero-order chi connectivity index (χ0) is 22.0. The van der Waals surface area contributed by atoms with Crippen LogP contribution in [0.4, 0.5) is 14.3 Å². The molecular weight excluding hydrogens is 437 g/mol. The molecular formula is C19H25ClFN3O3S2. The van der Waals surface area contributed by atoms with Crippen molar-refractivity contribution in [3.8, 4) is 0 Å². The Morgan fingerprint density at radius 2 is 1.93 bits per heavy atom. The van der Waals surface area contributed by atoms with Crippen molar-refractivity contribution in [1.82, 2.24) is 9.71 Å². The van der Waals surface area contributed by atoms with Crippen LogP contribution in [0.5, 0.6) is 0 Å². The molecule has 1 aromatic carbocycles. The number of carbonyl (C=O) groups is 1. The second-order valence-corrected chi connectivity index (χ2v) is 11.8. The second kappa shape index (κ2) is 9.07. The molecule has 0 aliphatic rings. The maximum atomic E-state index is 13.5. The van der Waals surface area contributed by atoms with Gasteiger partial charge in [0.1, 0.15) is 11.4 Å². The molecule has 6 nitrogen and oxygen atoms in total. The summed E-state index contributed by atoms with van der Waals surface area (Å²) < 4.78 is 34.0. The third kappa shape index (κ3) is 7.02. The molecule has 29 heavy (non-hydrogen) atoms. The van der Waals surface area contributed by atoms with Crippen molar-refractivity contribution in [3.05, 3.63) is 45.7 Å². The van der Waals surface area contributed by atoms with Gasteiger partial charge in [-0.15, -0.1) is 0 Å². The summed E-state index contributed by atoms with van der Waals surface area (Å²) in [7, 11) is -1.43. The monoisotopic (exact) mass is 461 g/mol. The van der Waals surface area contributed by atoms with Crippen LogP contribution in [0.2, 0.25) is 5.02 Å². The number of aromatic nitrogens is 1. The molecule has 0 radical (unpaired) electrons. The van der Waals surface area contributed by atoms with Gasteiger partial charge < -0.3 is 4.74 Å². The van der Waals surface area contributed by atoms with Crippen LogP contribution < -0.4 is 10.0 Å². The van der Waals surface area contributed by atoms with Crippen molar-refractivity contribution < 1.29 is 18.1 Å². The molecule has 0 aliphatic carbocycles. The lowest BCUT2D eigenvalue weighted by atomic mass is 10.1. The molecule has 0 fully saturated rings. The standard InChI is InChI=1S/C19H25ClFN3O3S2/c1-18(2,3)27-17(25)23-16-22-10-14(28-16)15(24-29(26)19(4,5)6)12-8-7-11(21)9-13(12)20/h7-10,15,24H,1-6H3,(H,22,23,25). The van der Waals surface area contributed by atoms with Gasteiger partial charge in [-0.3, -0.25) is 5.32 Å². The van der Waals surface area contributed by atoms with Crippen LogP contribution in [0.1, 0.15) is 58.0 Å². The number of nitrogens with one attached hydrogen (secondary N) is 2. The maximum Gasteiger partial charge on any atom is 0.413 e. The summed E-state index contributed by atoms with van der Waals surface area (Å²) in [4.78, 5) is 16.8. The van der Waals surface area contributed by atoms with Crippen molar-refractivity contribution >= 4 is 45.1 Å². The van der Waals surface area contributed by atoms with E-state index in [4.69, 9.17) is 16.3 Å². The van der Waals surface area contributed by atoms with Gasteiger partial charge in [0, 0.05) is 16.1 Å². The molecule has 2 aromatic rings. The summed E-state index contributed by atoms with van der Waals surface area (Å²) in [6.45, 7) is 10.8. The van der Waals surface area contributed by atoms with E-state index in [0.29, 0.717) is 15.6 Å². The van der Waals surface area contributed by atoms with Crippen molar-refractivity contribution in [2.24, 2.45) is 0 Å². The summed E-state index contributed by atoms with van der Waals surface area (Å²) >= 11 is 7.43. The van der Waals surface area contributed by atoms with Gasteiger partial charge in [0.2, 0.25) is 0 Å². The van der Waals surface area contributed by atoms with Crippen molar-refractivity contribution in [2.75, 3.05) is 5.32 Å². The summed E-state index contributed by atoms with van der Waals surface area (Å²) in [6, 6.07) is 3.42. The molecule has 0 saturated heterocycles. The summed E-state index contributed by atoms with van der Waals surface area (Å²) in [5.41, 5.74) is -0.0855. The molecule has 2 rings (SSSR count). The topological polar surface area (TPSA) is 80.3 Å². The molecule has 0 spiro atoms. The number of hydrogen-bond acceptors (Lipinski definition) is 5. The minimum atomic E-state index is -1.43. The molecule has 2 unspecified atom stereocenters. The van der Waals surface area contributed by atoms with Gasteiger partial charge in [-0.2, -0.15) is 0 Å². The Morgan fingerprint density at radius 3 is 2.48 bits per heavy atom. The first-order valence-electron chi connectivity index (χ1n) is 8.85. The van der Waals surface area contributed by atoms with E-state index in [1.54, 1.807) is 27.0 Å². The fourth-order valence-electron chi connectivity index (χ4n) is 2.16. The minimum absolute atomic E-state index is 0.198. The van der Waals surface area contributed by atoms with Gasteiger partial charge in [-0.1, -0.05) is 29.0 Å². The Bertz CT molecular complexity index is 907. The van der Waals surface area contributed by atoms with Gasteiger partial charge in [-0.25, -0.2) is 23.1 Å². The first-order valence-corrected chi connectivity index (χ1v) is 11.2. The van der Waals surface area contributed by atoms with Crippen molar-refractivity contribution in [2.45, 2.75) is 57.9 Å². The lowest BCUT2D eigenvalue weighted by Gasteiger charge is -2.24. The van der Waals surface area contributed by atoms with Gasteiger partial charge in [-0.05, 0) is 59.2 Å².